The predicted octanol–water partition coefficient (Wildman–Crippen LogP) is 3.57. The van der Waals surface area contributed by atoms with Crippen LogP contribution in [0.2, 0.25) is 0 Å². The molecule has 0 unspecified atom stereocenters. The Hall–Kier alpha value is -1.13. The average molecular weight is 284 g/mol. The highest BCUT2D eigenvalue weighted by Crippen LogP contribution is 2.29. The van der Waals surface area contributed by atoms with E-state index in [1.54, 1.807) is 24.5 Å². The van der Waals surface area contributed by atoms with Crippen LogP contribution in [0, 0.1) is 5.82 Å². The number of furan rings is 1. The van der Waals surface area contributed by atoms with Crippen molar-refractivity contribution in [3.63, 3.8) is 0 Å². The van der Waals surface area contributed by atoms with E-state index in [-0.39, 0.29) is 5.82 Å². The molecule has 0 bridgehead atoms. The lowest BCUT2D eigenvalue weighted by molar-refractivity contribution is 0.496. The van der Waals surface area contributed by atoms with E-state index in [0.29, 0.717) is 12.1 Å². The minimum Gasteiger partial charge on any atom is -0.467 e. The number of nitrogens with one attached hydrogen (secondary N) is 1. The van der Waals surface area contributed by atoms with Crippen LogP contribution in [0.15, 0.2) is 39.4 Å². The van der Waals surface area contributed by atoms with E-state index in [0.717, 1.165) is 15.8 Å². The summed E-state index contributed by atoms with van der Waals surface area (Å²) in [5.41, 5.74) is 1.33. The molecule has 0 aliphatic heterocycles. The Kier molecular flexibility index (Phi) is 3.41. The highest BCUT2D eigenvalue weighted by Gasteiger charge is 2.12. The fraction of sp³-hybridized carbons (Fsp3) is 0.167. The molecule has 1 aromatic carbocycles. The van der Waals surface area contributed by atoms with Gasteiger partial charge < -0.3 is 9.73 Å². The average Bonchev–Trinajstić information content (AvgIpc) is 2.70. The third-order valence-corrected chi connectivity index (χ3v) is 2.79. The van der Waals surface area contributed by atoms with Gasteiger partial charge in [0, 0.05) is 15.6 Å². The zero-order valence-corrected chi connectivity index (χ0v) is 10.3. The maximum absolute atomic E-state index is 13.7. The van der Waals surface area contributed by atoms with Crippen LogP contribution in [-0.2, 0) is 6.54 Å². The first-order chi connectivity index (χ1) is 7.72. The number of rotatable bonds is 3. The van der Waals surface area contributed by atoms with Gasteiger partial charge in [-0.15, -0.1) is 0 Å². The molecule has 0 saturated carbocycles. The largest absolute Gasteiger partial charge is 0.467 e. The molecule has 0 spiro atoms. The quantitative estimate of drug-likeness (QED) is 0.932. The van der Waals surface area contributed by atoms with Crippen molar-refractivity contribution in [3.05, 3.63) is 46.6 Å². The van der Waals surface area contributed by atoms with Crippen molar-refractivity contribution in [2.45, 2.75) is 6.54 Å². The zero-order valence-electron chi connectivity index (χ0n) is 8.76. The molecule has 2 rings (SSSR count). The van der Waals surface area contributed by atoms with Gasteiger partial charge in [0.25, 0.3) is 0 Å². The molecule has 0 fully saturated rings. The van der Waals surface area contributed by atoms with Crippen molar-refractivity contribution >= 4 is 15.9 Å². The van der Waals surface area contributed by atoms with Crippen molar-refractivity contribution in [2.24, 2.45) is 0 Å². The van der Waals surface area contributed by atoms with Gasteiger partial charge in [0.2, 0.25) is 0 Å². The van der Waals surface area contributed by atoms with Crippen LogP contribution in [-0.4, -0.2) is 7.05 Å². The van der Waals surface area contributed by atoms with Gasteiger partial charge in [-0.25, -0.2) is 4.39 Å². The first-order valence-electron chi connectivity index (χ1n) is 4.88. The molecule has 0 radical (unpaired) electrons. The Labute approximate surface area is 102 Å². The Morgan fingerprint density at radius 3 is 2.88 bits per heavy atom. The molecule has 0 amide bonds. The van der Waals surface area contributed by atoms with Gasteiger partial charge >= 0.3 is 0 Å². The number of hydrogen-bond donors (Lipinski definition) is 1. The maximum Gasteiger partial charge on any atom is 0.131 e. The van der Waals surface area contributed by atoms with E-state index in [1.165, 1.54) is 6.07 Å². The van der Waals surface area contributed by atoms with Gasteiger partial charge in [-0.2, -0.15) is 0 Å². The normalized spacial score (nSPS) is 10.7. The molecular weight excluding hydrogens is 273 g/mol. The molecule has 2 aromatic rings. The molecule has 84 valence electrons. The summed E-state index contributed by atoms with van der Waals surface area (Å²) < 4.78 is 19.8. The van der Waals surface area contributed by atoms with E-state index in [1.807, 2.05) is 7.05 Å². The summed E-state index contributed by atoms with van der Waals surface area (Å²) in [6.45, 7) is 0.578. The highest BCUT2D eigenvalue weighted by atomic mass is 79.9. The minimum absolute atomic E-state index is 0.248. The number of halogens is 2. The molecule has 1 heterocycles. The van der Waals surface area contributed by atoms with Crippen LogP contribution in [0.25, 0.3) is 11.1 Å². The second-order valence-electron chi connectivity index (χ2n) is 3.41. The van der Waals surface area contributed by atoms with Crippen molar-refractivity contribution in [2.75, 3.05) is 7.05 Å². The second-order valence-corrected chi connectivity index (χ2v) is 4.33. The standard InChI is InChI=1S/C12H11BrFNO/c1-15-7-12-9(4-5-16-12)10-6-8(13)2-3-11(10)14/h2-6,15H,7H2,1H3. The molecular formula is C12H11BrFNO. The van der Waals surface area contributed by atoms with E-state index < -0.39 is 0 Å². The summed E-state index contributed by atoms with van der Waals surface area (Å²) >= 11 is 3.33. The van der Waals surface area contributed by atoms with Crippen LogP contribution in [0.1, 0.15) is 5.76 Å². The Balaban J connectivity index is 2.49. The van der Waals surface area contributed by atoms with Gasteiger partial charge in [-0.1, -0.05) is 15.9 Å². The SMILES string of the molecule is CNCc1occc1-c1cc(Br)ccc1F. The summed E-state index contributed by atoms with van der Waals surface area (Å²) in [4.78, 5) is 0. The van der Waals surface area contributed by atoms with E-state index in [4.69, 9.17) is 4.42 Å². The van der Waals surface area contributed by atoms with Crippen LogP contribution >= 0.6 is 15.9 Å². The Morgan fingerprint density at radius 2 is 2.12 bits per heavy atom. The first kappa shape index (κ1) is 11.4. The van der Waals surface area contributed by atoms with E-state index in [9.17, 15) is 4.39 Å². The molecule has 16 heavy (non-hydrogen) atoms. The van der Waals surface area contributed by atoms with Crippen molar-refractivity contribution in [1.29, 1.82) is 0 Å². The van der Waals surface area contributed by atoms with Gasteiger partial charge in [0.15, 0.2) is 0 Å². The summed E-state index contributed by atoms with van der Waals surface area (Å²) in [7, 11) is 1.82. The maximum atomic E-state index is 13.7. The van der Waals surface area contributed by atoms with Crippen molar-refractivity contribution < 1.29 is 8.81 Å². The molecule has 4 heteroatoms. The summed E-state index contributed by atoms with van der Waals surface area (Å²) in [5, 5.41) is 2.99. The van der Waals surface area contributed by atoms with Crippen molar-refractivity contribution in [3.8, 4) is 11.1 Å². The third-order valence-electron chi connectivity index (χ3n) is 2.30. The molecule has 2 nitrogen and oxygen atoms in total. The fourth-order valence-corrected chi connectivity index (χ4v) is 1.94. The van der Waals surface area contributed by atoms with Crippen LogP contribution < -0.4 is 5.32 Å². The molecule has 0 atom stereocenters. The lowest BCUT2D eigenvalue weighted by atomic mass is 10.1. The third kappa shape index (κ3) is 2.18. The van der Waals surface area contributed by atoms with Crippen LogP contribution in [0.5, 0.6) is 0 Å². The highest BCUT2D eigenvalue weighted by molar-refractivity contribution is 9.10. The van der Waals surface area contributed by atoms with Gasteiger partial charge in [-0.05, 0) is 31.3 Å². The Morgan fingerprint density at radius 1 is 1.31 bits per heavy atom. The van der Waals surface area contributed by atoms with E-state index >= 15 is 0 Å². The lowest BCUT2D eigenvalue weighted by Crippen LogP contribution is -2.05. The lowest BCUT2D eigenvalue weighted by Gasteiger charge is -2.04. The zero-order chi connectivity index (χ0) is 11.5. The second kappa shape index (κ2) is 4.80. The Bertz CT molecular complexity index is 496. The predicted molar refractivity (Wildman–Crippen MR) is 64.6 cm³/mol. The van der Waals surface area contributed by atoms with Gasteiger partial charge in [0.05, 0.1) is 12.8 Å². The molecule has 0 saturated heterocycles. The molecule has 0 aliphatic carbocycles. The molecule has 1 aromatic heterocycles. The monoisotopic (exact) mass is 283 g/mol. The van der Waals surface area contributed by atoms with Gasteiger partial charge in [-0.3, -0.25) is 0 Å². The minimum atomic E-state index is -0.248. The topological polar surface area (TPSA) is 25.2 Å². The number of hydrogen-bond acceptors (Lipinski definition) is 2. The van der Waals surface area contributed by atoms with Gasteiger partial charge in [0.1, 0.15) is 11.6 Å². The van der Waals surface area contributed by atoms with Crippen LogP contribution in [0.3, 0.4) is 0 Å². The fourth-order valence-electron chi connectivity index (χ4n) is 1.58. The molecule has 0 aliphatic rings. The summed E-state index contributed by atoms with van der Waals surface area (Å²) in [6, 6.07) is 6.64. The first-order valence-corrected chi connectivity index (χ1v) is 5.68. The smallest absolute Gasteiger partial charge is 0.131 e. The summed E-state index contributed by atoms with van der Waals surface area (Å²) in [6.07, 6.45) is 1.57. The van der Waals surface area contributed by atoms with E-state index in [2.05, 4.69) is 21.2 Å². The van der Waals surface area contributed by atoms with Crippen LogP contribution in [0.4, 0.5) is 4.39 Å². The molecule has 1 N–H and O–H groups in total. The number of benzene rings is 1. The van der Waals surface area contributed by atoms with Crippen molar-refractivity contribution in [1.82, 2.24) is 5.32 Å². The summed E-state index contributed by atoms with van der Waals surface area (Å²) in [5.74, 6) is 0.487.